The smallest absolute Gasteiger partial charge is 0.238 e. The third kappa shape index (κ3) is 4.87. The number of halogens is 2. The van der Waals surface area contributed by atoms with Gasteiger partial charge in [-0.2, -0.15) is 0 Å². The van der Waals surface area contributed by atoms with Crippen LogP contribution in [0, 0.1) is 11.6 Å². The summed E-state index contributed by atoms with van der Waals surface area (Å²) in [7, 11) is 0. The van der Waals surface area contributed by atoms with Crippen LogP contribution in [-0.2, 0) is 0 Å². The number of nitrogens with one attached hydrogen (secondary N) is 2. The summed E-state index contributed by atoms with van der Waals surface area (Å²) in [4.78, 5) is 10.3. The van der Waals surface area contributed by atoms with E-state index in [1.807, 2.05) is 18.7 Å². The number of hydrazine groups is 1. The molecule has 1 aliphatic rings. The van der Waals surface area contributed by atoms with E-state index in [2.05, 4.69) is 40.7 Å². The molecule has 2 aromatic rings. The summed E-state index contributed by atoms with van der Waals surface area (Å²) in [5, 5.41) is 0. The molecule has 30 heavy (non-hydrogen) atoms. The Morgan fingerprint density at radius 3 is 2.77 bits per heavy atom. The Kier molecular flexibility index (Phi) is 7.20. The molecule has 0 amide bonds. The number of ether oxygens (including phenoxy) is 1. The van der Waals surface area contributed by atoms with Crippen LogP contribution in [0.25, 0.3) is 11.3 Å². The highest BCUT2D eigenvalue weighted by molar-refractivity contribution is 5.72. The molecule has 0 aliphatic carbocycles. The summed E-state index contributed by atoms with van der Waals surface area (Å²) in [5.41, 5.74) is 8.18. The fraction of sp³-hybridized carbons (Fsp3) is 0.455. The van der Waals surface area contributed by atoms with Crippen molar-refractivity contribution in [3.63, 3.8) is 0 Å². The molecule has 1 aliphatic heterocycles. The molecular weight excluding hydrogens is 388 g/mol. The Morgan fingerprint density at radius 2 is 2.07 bits per heavy atom. The number of aromatic nitrogens is 2. The van der Waals surface area contributed by atoms with Crippen molar-refractivity contribution in [3.8, 4) is 17.0 Å². The second-order valence-electron chi connectivity index (χ2n) is 7.43. The molecule has 6 nitrogen and oxygen atoms in total. The molecule has 2 N–H and O–H groups in total. The number of rotatable bonds is 8. The Hall–Kier alpha value is -2.74. The predicted octanol–water partition coefficient (Wildman–Crippen LogP) is 4.69. The van der Waals surface area contributed by atoms with Crippen LogP contribution in [0.2, 0.25) is 0 Å². The lowest BCUT2D eigenvalue weighted by atomic mass is 10.1. The number of hydrogen-bond acceptors (Lipinski definition) is 6. The van der Waals surface area contributed by atoms with Crippen LogP contribution in [0.5, 0.6) is 5.75 Å². The Morgan fingerprint density at radius 1 is 1.27 bits per heavy atom. The van der Waals surface area contributed by atoms with Gasteiger partial charge in [0.15, 0.2) is 17.4 Å². The van der Waals surface area contributed by atoms with Gasteiger partial charge >= 0.3 is 0 Å². The third-order valence-electron chi connectivity index (χ3n) is 5.02. The van der Waals surface area contributed by atoms with Crippen LogP contribution in [0.1, 0.15) is 40.5 Å². The largest absolute Gasteiger partial charge is 0.486 e. The Bertz CT molecular complexity index is 917. The van der Waals surface area contributed by atoms with Crippen molar-refractivity contribution in [1.29, 1.82) is 0 Å². The molecule has 0 bridgehead atoms. The van der Waals surface area contributed by atoms with Crippen molar-refractivity contribution >= 4 is 11.6 Å². The fourth-order valence-corrected chi connectivity index (χ4v) is 3.47. The first-order valence-corrected chi connectivity index (χ1v) is 10.4. The zero-order chi connectivity index (χ0) is 21.7. The molecule has 0 saturated heterocycles. The summed E-state index contributed by atoms with van der Waals surface area (Å²) in [6, 6.07) is 3.13. The summed E-state index contributed by atoms with van der Waals surface area (Å²) in [6.45, 7) is 9.89. The minimum absolute atomic E-state index is 0.0325. The van der Waals surface area contributed by atoms with Gasteiger partial charge in [-0.05, 0) is 38.8 Å². The molecule has 0 unspecified atom stereocenters. The normalized spacial score (nSPS) is 14.0. The molecule has 1 aromatic carbocycles. The zero-order valence-corrected chi connectivity index (χ0v) is 17.9. The van der Waals surface area contributed by atoms with E-state index >= 15 is 0 Å². The summed E-state index contributed by atoms with van der Waals surface area (Å²) >= 11 is 0. The molecule has 3 rings (SSSR count). The highest BCUT2D eigenvalue weighted by Gasteiger charge is 2.25. The summed E-state index contributed by atoms with van der Waals surface area (Å²) in [5.74, 6) is -0.736. The van der Waals surface area contributed by atoms with E-state index in [0.717, 1.165) is 19.0 Å². The van der Waals surface area contributed by atoms with Gasteiger partial charge in [-0.1, -0.05) is 25.5 Å². The fourth-order valence-electron chi connectivity index (χ4n) is 3.47. The predicted molar refractivity (Wildman–Crippen MR) is 116 cm³/mol. The van der Waals surface area contributed by atoms with Gasteiger partial charge in [-0.15, -0.1) is 0 Å². The van der Waals surface area contributed by atoms with Crippen molar-refractivity contribution in [2.75, 3.05) is 30.0 Å². The first-order valence-electron chi connectivity index (χ1n) is 10.4. The second-order valence-corrected chi connectivity index (χ2v) is 7.43. The highest BCUT2D eigenvalue weighted by atomic mass is 19.1. The second kappa shape index (κ2) is 9.84. The third-order valence-corrected chi connectivity index (χ3v) is 5.02. The van der Waals surface area contributed by atoms with Crippen molar-refractivity contribution < 1.29 is 13.5 Å². The van der Waals surface area contributed by atoms with Crippen LogP contribution < -0.4 is 20.5 Å². The van der Waals surface area contributed by atoms with E-state index in [-0.39, 0.29) is 23.4 Å². The maximum atomic E-state index is 14.7. The number of fused-ring (bicyclic) bond motifs is 1. The van der Waals surface area contributed by atoms with Gasteiger partial charge in [0.25, 0.3) is 0 Å². The number of hydrogen-bond donors (Lipinski definition) is 2. The number of anilines is 2. The Balaban J connectivity index is 1.87. The number of benzene rings is 1. The van der Waals surface area contributed by atoms with Crippen molar-refractivity contribution in [1.82, 2.24) is 15.4 Å². The maximum Gasteiger partial charge on any atom is 0.238 e. The standard InChI is InChI=1S/C22H29F2N5O/c1-5-7-15(6-2)12-26-28-22-25-13-18(24)20(27-22)16-10-17(23)21-19(11-16)29(14(3)4)8-9-30-21/h7,10-11,13-14,26H,5-6,8-9,12H2,1-4H3,(H,25,27,28)/b15-7+. The van der Waals surface area contributed by atoms with Gasteiger partial charge in [0, 0.05) is 18.2 Å². The number of allylic oxidation sites excluding steroid dienone is 1. The lowest BCUT2D eigenvalue weighted by molar-refractivity contribution is 0.287. The monoisotopic (exact) mass is 417 g/mol. The van der Waals surface area contributed by atoms with Crippen LogP contribution in [0.15, 0.2) is 30.0 Å². The average molecular weight is 418 g/mol. The quantitative estimate of drug-likeness (QED) is 0.480. The topological polar surface area (TPSA) is 62.3 Å². The molecule has 1 aromatic heterocycles. The van der Waals surface area contributed by atoms with E-state index in [1.165, 1.54) is 11.6 Å². The molecule has 0 radical (unpaired) electrons. The van der Waals surface area contributed by atoms with Gasteiger partial charge in [0.2, 0.25) is 5.95 Å². The molecular formula is C22H29F2N5O. The lowest BCUT2D eigenvalue weighted by Crippen LogP contribution is -2.38. The SMILES string of the molecule is CC/C=C(\CC)CNNc1ncc(F)c(-c2cc(F)c3c(c2)N(C(C)C)CCO3)n1. The maximum absolute atomic E-state index is 14.7. The van der Waals surface area contributed by atoms with Crippen LogP contribution in [0.3, 0.4) is 0 Å². The molecule has 0 atom stereocenters. The van der Waals surface area contributed by atoms with Gasteiger partial charge in [-0.3, -0.25) is 5.43 Å². The summed E-state index contributed by atoms with van der Waals surface area (Å²) in [6.07, 6.45) is 5.14. The highest BCUT2D eigenvalue weighted by Crippen LogP contribution is 2.39. The minimum Gasteiger partial charge on any atom is -0.486 e. The summed E-state index contributed by atoms with van der Waals surface area (Å²) < 4.78 is 34.8. The first-order chi connectivity index (χ1) is 14.4. The van der Waals surface area contributed by atoms with Gasteiger partial charge in [-0.25, -0.2) is 24.2 Å². The van der Waals surface area contributed by atoms with Crippen LogP contribution in [0.4, 0.5) is 20.4 Å². The van der Waals surface area contributed by atoms with Gasteiger partial charge in [0.05, 0.1) is 18.4 Å². The zero-order valence-electron chi connectivity index (χ0n) is 17.9. The van der Waals surface area contributed by atoms with E-state index in [4.69, 9.17) is 4.74 Å². The molecule has 162 valence electrons. The molecule has 0 fully saturated rings. The van der Waals surface area contributed by atoms with Gasteiger partial charge in [0.1, 0.15) is 12.3 Å². The van der Waals surface area contributed by atoms with Crippen molar-refractivity contribution in [3.05, 3.63) is 41.6 Å². The van der Waals surface area contributed by atoms with E-state index in [9.17, 15) is 8.78 Å². The molecule has 0 saturated carbocycles. The van der Waals surface area contributed by atoms with Gasteiger partial charge < -0.3 is 9.64 Å². The van der Waals surface area contributed by atoms with E-state index in [1.54, 1.807) is 6.07 Å². The average Bonchev–Trinajstić information content (AvgIpc) is 2.73. The first kappa shape index (κ1) is 22.0. The van der Waals surface area contributed by atoms with Crippen LogP contribution >= 0.6 is 0 Å². The Labute approximate surface area is 176 Å². The molecule has 8 heteroatoms. The van der Waals surface area contributed by atoms with Crippen LogP contribution in [-0.4, -0.2) is 35.7 Å². The van der Waals surface area contributed by atoms with E-state index < -0.39 is 11.6 Å². The molecule has 2 heterocycles. The number of nitrogens with zero attached hydrogens (tertiary/aromatic N) is 3. The molecule has 0 spiro atoms. The minimum atomic E-state index is -0.618. The van der Waals surface area contributed by atoms with Crippen molar-refractivity contribution in [2.45, 2.75) is 46.6 Å². The lowest BCUT2D eigenvalue weighted by Gasteiger charge is -2.34. The van der Waals surface area contributed by atoms with Crippen molar-refractivity contribution in [2.24, 2.45) is 0 Å². The van der Waals surface area contributed by atoms with E-state index in [0.29, 0.717) is 30.9 Å².